The Kier molecular flexibility index (Phi) is 4.10. The van der Waals surface area contributed by atoms with E-state index in [1.54, 1.807) is 23.9 Å². The van der Waals surface area contributed by atoms with E-state index in [2.05, 4.69) is 17.2 Å². The van der Waals surface area contributed by atoms with Crippen LogP contribution < -0.4 is 5.32 Å². The van der Waals surface area contributed by atoms with E-state index in [1.807, 2.05) is 23.1 Å². The molecule has 2 aromatic rings. The summed E-state index contributed by atoms with van der Waals surface area (Å²) in [5.74, 6) is 0.807. The van der Waals surface area contributed by atoms with Crippen LogP contribution in [-0.2, 0) is 19.4 Å². The fourth-order valence-electron chi connectivity index (χ4n) is 2.93. The van der Waals surface area contributed by atoms with Crippen molar-refractivity contribution in [1.82, 2.24) is 14.9 Å². The maximum Gasteiger partial charge on any atom is 0.252 e. The molecule has 0 aliphatic heterocycles. The minimum absolute atomic E-state index is 0.0645. The molecule has 1 N–H and O–H groups in total. The number of nitrogens with zero attached hydrogens (tertiary/aromatic N) is 2. The molecule has 0 saturated heterocycles. The van der Waals surface area contributed by atoms with Crippen LogP contribution >= 0.6 is 11.3 Å². The number of imidazole rings is 1. The van der Waals surface area contributed by atoms with E-state index in [-0.39, 0.29) is 11.9 Å². The number of thiophene rings is 1. The van der Waals surface area contributed by atoms with Crippen LogP contribution in [0.3, 0.4) is 0 Å². The van der Waals surface area contributed by atoms with Gasteiger partial charge in [0.2, 0.25) is 0 Å². The van der Waals surface area contributed by atoms with Crippen LogP contribution in [0.5, 0.6) is 0 Å². The van der Waals surface area contributed by atoms with Crippen LogP contribution in [0.2, 0.25) is 0 Å². The predicted molar refractivity (Wildman–Crippen MR) is 84.7 cm³/mol. The molecular weight excluding hydrogens is 282 g/mol. The number of amides is 1. The maximum absolute atomic E-state index is 12.5. The molecule has 4 nitrogen and oxygen atoms in total. The summed E-state index contributed by atoms with van der Waals surface area (Å²) in [7, 11) is 0. The number of carbonyl (C=O) groups excluding carboxylic acids is 1. The number of nitrogens with one attached hydrogen (secondary N) is 1. The summed E-state index contributed by atoms with van der Waals surface area (Å²) >= 11 is 1.74. The molecule has 2 atom stereocenters. The highest BCUT2D eigenvalue weighted by molar-refractivity contribution is 7.10. The molecule has 21 heavy (non-hydrogen) atoms. The van der Waals surface area contributed by atoms with E-state index >= 15 is 0 Å². The Morgan fingerprint density at radius 1 is 1.62 bits per heavy atom. The summed E-state index contributed by atoms with van der Waals surface area (Å²) in [6.07, 6.45) is 8.79. The Hall–Kier alpha value is -1.62. The Labute approximate surface area is 129 Å². The molecule has 0 radical (unpaired) electrons. The lowest BCUT2D eigenvalue weighted by atomic mass is 9.88. The summed E-state index contributed by atoms with van der Waals surface area (Å²) in [4.78, 5) is 17.9. The molecule has 112 valence electrons. The van der Waals surface area contributed by atoms with Gasteiger partial charge in [0.1, 0.15) is 0 Å². The first-order valence-corrected chi connectivity index (χ1v) is 8.37. The van der Waals surface area contributed by atoms with Gasteiger partial charge in [0.25, 0.3) is 5.91 Å². The highest BCUT2D eigenvalue weighted by atomic mass is 32.1. The van der Waals surface area contributed by atoms with Gasteiger partial charge in [0.15, 0.2) is 0 Å². The third-order valence-electron chi connectivity index (χ3n) is 4.07. The summed E-state index contributed by atoms with van der Waals surface area (Å²) in [5.41, 5.74) is 2.17. The second-order valence-electron chi connectivity index (χ2n) is 6.03. The summed E-state index contributed by atoms with van der Waals surface area (Å²) < 4.78 is 1.98. The lowest BCUT2D eigenvalue weighted by molar-refractivity contribution is 0.0936. The normalized spacial score (nSPS) is 19.0. The second kappa shape index (κ2) is 6.02. The Bertz CT molecular complexity index is 618. The monoisotopic (exact) mass is 303 g/mol. The third-order valence-corrected chi connectivity index (χ3v) is 5.12. The molecule has 1 amide bonds. The summed E-state index contributed by atoms with van der Waals surface area (Å²) in [6, 6.07) is 0.0877. The topological polar surface area (TPSA) is 46.9 Å². The van der Waals surface area contributed by atoms with Crippen LogP contribution in [-0.4, -0.2) is 21.5 Å². The van der Waals surface area contributed by atoms with Crippen molar-refractivity contribution in [1.29, 1.82) is 0 Å². The molecule has 0 spiro atoms. The predicted octanol–water partition coefficient (Wildman–Crippen LogP) is 2.89. The highest BCUT2D eigenvalue weighted by Gasteiger charge is 2.23. The number of fused-ring (bicyclic) bond motifs is 1. The van der Waals surface area contributed by atoms with Crippen molar-refractivity contribution in [2.24, 2.45) is 5.92 Å². The van der Waals surface area contributed by atoms with E-state index < -0.39 is 0 Å². The lowest BCUT2D eigenvalue weighted by Gasteiger charge is -2.19. The van der Waals surface area contributed by atoms with Crippen LogP contribution in [0.4, 0.5) is 0 Å². The van der Waals surface area contributed by atoms with Gasteiger partial charge in [-0.3, -0.25) is 4.79 Å². The standard InChI is InChI=1S/C16H21N3OS/c1-11-3-4-13-14(9-21-15(13)7-11)16(20)18-12(2)8-19-6-5-17-10-19/h5-6,9-12H,3-4,7-8H2,1-2H3,(H,18,20)/t11-,12-/m0/s1. The zero-order valence-electron chi connectivity index (χ0n) is 12.5. The first-order valence-electron chi connectivity index (χ1n) is 7.49. The van der Waals surface area contributed by atoms with Crippen molar-refractivity contribution in [3.63, 3.8) is 0 Å². The first kappa shape index (κ1) is 14.3. The van der Waals surface area contributed by atoms with Gasteiger partial charge in [-0.1, -0.05) is 6.92 Å². The number of carbonyl (C=O) groups is 1. The maximum atomic E-state index is 12.5. The number of hydrogen-bond donors (Lipinski definition) is 1. The molecule has 0 unspecified atom stereocenters. The molecule has 0 aromatic carbocycles. The van der Waals surface area contributed by atoms with Crippen molar-refractivity contribution >= 4 is 17.2 Å². The van der Waals surface area contributed by atoms with Gasteiger partial charge in [-0.05, 0) is 37.7 Å². The van der Waals surface area contributed by atoms with Crippen LogP contribution in [0.1, 0.15) is 41.1 Å². The minimum Gasteiger partial charge on any atom is -0.348 e. The minimum atomic E-state index is 0.0645. The zero-order chi connectivity index (χ0) is 14.8. The van der Waals surface area contributed by atoms with Gasteiger partial charge in [0.05, 0.1) is 11.9 Å². The van der Waals surface area contributed by atoms with Crippen molar-refractivity contribution in [3.05, 3.63) is 40.1 Å². The molecule has 2 heterocycles. The molecule has 0 bridgehead atoms. The smallest absolute Gasteiger partial charge is 0.252 e. The van der Waals surface area contributed by atoms with Gasteiger partial charge >= 0.3 is 0 Å². The fourth-order valence-corrected chi connectivity index (χ4v) is 4.17. The van der Waals surface area contributed by atoms with Crippen molar-refractivity contribution in [2.45, 2.75) is 45.7 Å². The van der Waals surface area contributed by atoms with Crippen LogP contribution in [0.25, 0.3) is 0 Å². The van der Waals surface area contributed by atoms with Gasteiger partial charge in [-0.25, -0.2) is 4.98 Å². The lowest BCUT2D eigenvalue weighted by Crippen LogP contribution is -2.35. The first-order chi connectivity index (χ1) is 10.1. The SMILES string of the molecule is C[C@H]1CCc2c(C(=O)N[C@@H](C)Cn3ccnc3)csc2C1. The molecule has 0 saturated carbocycles. The second-order valence-corrected chi connectivity index (χ2v) is 7.00. The molecule has 1 aliphatic carbocycles. The van der Waals surface area contributed by atoms with Gasteiger partial charge < -0.3 is 9.88 Å². The van der Waals surface area contributed by atoms with Crippen molar-refractivity contribution in [3.8, 4) is 0 Å². The molecule has 1 aliphatic rings. The number of aromatic nitrogens is 2. The van der Waals surface area contributed by atoms with Gasteiger partial charge in [-0.15, -0.1) is 11.3 Å². The Balaban J connectivity index is 1.66. The van der Waals surface area contributed by atoms with E-state index in [9.17, 15) is 4.79 Å². The zero-order valence-corrected chi connectivity index (χ0v) is 13.3. The van der Waals surface area contributed by atoms with Gasteiger partial charge in [0, 0.05) is 35.2 Å². The van der Waals surface area contributed by atoms with Crippen LogP contribution in [0.15, 0.2) is 24.1 Å². The Morgan fingerprint density at radius 2 is 2.48 bits per heavy atom. The third kappa shape index (κ3) is 3.18. The highest BCUT2D eigenvalue weighted by Crippen LogP contribution is 2.32. The molecule has 3 rings (SSSR count). The largest absolute Gasteiger partial charge is 0.348 e. The summed E-state index contributed by atoms with van der Waals surface area (Å²) in [5, 5.41) is 5.13. The van der Waals surface area contributed by atoms with Gasteiger partial charge in [-0.2, -0.15) is 0 Å². The van der Waals surface area contributed by atoms with E-state index in [1.165, 1.54) is 16.9 Å². The number of rotatable bonds is 4. The molecular formula is C16H21N3OS. The quantitative estimate of drug-likeness (QED) is 0.944. The van der Waals surface area contributed by atoms with E-state index in [0.717, 1.165) is 30.9 Å². The number of hydrogen-bond acceptors (Lipinski definition) is 3. The van der Waals surface area contributed by atoms with E-state index in [0.29, 0.717) is 0 Å². The van der Waals surface area contributed by atoms with E-state index in [4.69, 9.17) is 0 Å². The fraction of sp³-hybridized carbons (Fsp3) is 0.500. The molecule has 0 fully saturated rings. The average molecular weight is 303 g/mol. The van der Waals surface area contributed by atoms with Crippen molar-refractivity contribution in [2.75, 3.05) is 0 Å². The summed E-state index contributed by atoms with van der Waals surface area (Å²) in [6.45, 7) is 5.06. The molecule has 2 aromatic heterocycles. The van der Waals surface area contributed by atoms with Crippen LogP contribution in [0, 0.1) is 5.92 Å². The Morgan fingerprint density at radius 3 is 3.24 bits per heavy atom. The average Bonchev–Trinajstić information content (AvgIpc) is 3.06. The van der Waals surface area contributed by atoms with Crippen molar-refractivity contribution < 1.29 is 4.79 Å². The molecule has 5 heteroatoms.